The van der Waals surface area contributed by atoms with Gasteiger partial charge in [-0.2, -0.15) is 13.2 Å². The van der Waals surface area contributed by atoms with E-state index in [4.69, 9.17) is 14.2 Å². The smallest absolute Gasteiger partial charge is 0.416 e. The fraction of sp³-hybridized carbons (Fsp3) is 0.516. The fourth-order valence-electron chi connectivity index (χ4n) is 6.09. The number of ether oxygens (including phenoxy) is 3. The Morgan fingerprint density at radius 3 is 2.25 bits per heavy atom. The Kier molecular flexibility index (Phi) is 9.23. The lowest BCUT2D eigenvalue weighted by molar-refractivity contribution is -0.137. The number of amides is 3. The van der Waals surface area contributed by atoms with E-state index in [2.05, 4.69) is 10.2 Å². The first-order chi connectivity index (χ1) is 21.0. The highest BCUT2D eigenvalue weighted by Gasteiger charge is 2.47. The molecule has 10 nitrogen and oxygen atoms in total. The Morgan fingerprint density at radius 1 is 0.977 bits per heavy atom. The third-order valence-corrected chi connectivity index (χ3v) is 8.64. The molecule has 2 aromatic carbocycles. The number of nitrogens with one attached hydrogen (secondary N) is 1. The van der Waals surface area contributed by atoms with Gasteiger partial charge >= 0.3 is 18.4 Å². The summed E-state index contributed by atoms with van der Waals surface area (Å²) in [5.74, 6) is 0.123. The van der Waals surface area contributed by atoms with E-state index in [1.54, 1.807) is 28.0 Å². The predicted molar refractivity (Wildman–Crippen MR) is 153 cm³/mol. The van der Waals surface area contributed by atoms with Crippen molar-refractivity contribution in [3.8, 4) is 5.75 Å². The summed E-state index contributed by atoms with van der Waals surface area (Å²) in [5, 5.41) is 3.02. The molecule has 3 amide bonds. The Morgan fingerprint density at radius 2 is 1.64 bits per heavy atom. The summed E-state index contributed by atoms with van der Waals surface area (Å²) in [5.41, 5.74) is 0.697. The first kappa shape index (κ1) is 31.4. The van der Waals surface area contributed by atoms with Crippen molar-refractivity contribution >= 4 is 18.1 Å². The molecule has 0 unspecified atom stereocenters. The van der Waals surface area contributed by atoms with Gasteiger partial charge in [-0.3, -0.25) is 14.6 Å². The molecule has 3 saturated heterocycles. The zero-order valence-corrected chi connectivity index (χ0v) is 24.8. The van der Waals surface area contributed by atoms with Gasteiger partial charge in [-0.15, -0.1) is 0 Å². The number of carbonyl (C=O) groups excluding carboxylic acids is 3. The molecule has 0 aromatic heterocycles. The van der Waals surface area contributed by atoms with Crippen LogP contribution in [0.15, 0.2) is 42.5 Å². The molecule has 0 saturated carbocycles. The molecule has 0 radical (unpaired) electrons. The summed E-state index contributed by atoms with van der Waals surface area (Å²) in [6.45, 7) is 3.55. The molecular formula is C31H37F3N4O6. The topological polar surface area (TPSA) is 101 Å². The maximum absolute atomic E-state index is 13.0. The summed E-state index contributed by atoms with van der Waals surface area (Å²) >= 11 is 0. The highest BCUT2D eigenvalue weighted by Crippen LogP contribution is 2.35. The molecule has 0 atom stereocenters. The number of methoxy groups -OCH3 is 2. The largest absolute Gasteiger partial charge is 0.496 e. The number of hydrogen-bond donors (Lipinski definition) is 1. The Balaban J connectivity index is 1.13. The van der Waals surface area contributed by atoms with Gasteiger partial charge in [0.15, 0.2) is 0 Å². The maximum Gasteiger partial charge on any atom is 0.416 e. The van der Waals surface area contributed by atoms with Crippen molar-refractivity contribution < 1.29 is 41.8 Å². The standard InChI is InChI=1S/C31H37F3N4O6/c1-42-26-17-22(5-8-25(26)27(39)35-24-9-13-37(14-10-24)28(40)43-2)19-38-20-30(44-29(38)41)11-15-36(16-12-30)18-21-3-6-23(7-4-21)31(32,33)34/h3-8,17,24H,9-16,18-20H2,1-2H3,(H,35,39). The number of alkyl halides is 3. The summed E-state index contributed by atoms with van der Waals surface area (Å²) in [6.07, 6.45) is -2.65. The van der Waals surface area contributed by atoms with Crippen LogP contribution >= 0.6 is 0 Å². The van der Waals surface area contributed by atoms with Crippen molar-refractivity contribution in [2.45, 2.75) is 56.6 Å². The molecule has 3 aliphatic heterocycles. The summed E-state index contributed by atoms with van der Waals surface area (Å²) in [4.78, 5) is 43.0. The van der Waals surface area contributed by atoms with Crippen LogP contribution in [0.25, 0.3) is 0 Å². The maximum atomic E-state index is 13.0. The average molecular weight is 619 g/mol. The van der Waals surface area contributed by atoms with E-state index < -0.39 is 23.4 Å². The minimum Gasteiger partial charge on any atom is -0.496 e. The molecule has 44 heavy (non-hydrogen) atoms. The van der Waals surface area contributed by atoms with Crippen LogP contribution in [-0.4, -0.2) is 91.4 Å². The lowest BCUT2D eigenvalue weighted by atomic mass is 9.91. The molecule has 13 heteroatoms. The van der Waals surface area contributed by atoms with E-state index >= 15 is 0 Å². The number of benzene rings is 2. The molecule has 1 spiro atoms. The highest BCUT2D eigenvalue weighted by atomic mass is 19.4. The van der Waals surface area contributed by atoms with E-state index in [1.807, 2.05) is 0 Å². The van der Waals surface area contributed by atoms with E-state index in [0.29, 0.717) is 82.8 Å². The van der Waals surface area contributed by atoms with Gasteiger partial charge in [-0.05, 0) is 48.2 Å². The van der Waals surface area contributed by atoms with Gasteiger partial charge in [-0.25, -0.2) is 9.59 Å². The minimum atomic E-state index is -4.36. The summed E-state index contributed by atoms with van der Waals surface area (Å²) in [6, 6.07) is 10.4. The quantitative estimate of drug-likeness (QED) is 0.482. The lowest BCUT2D eigenvalue weighted by Gasteiger charge is -2.37. The first-order valence-electron chi connectivity index (χ1n) is 14.7. The van der Waals surface area contributed by atoms with Crippen LogP contribution in [0.3, 0.4) is 0 Å². The van der Waals surface area contributed by atoms with Crippen LogP contribution in [0, 0.1) is 0 Å². The Bertz CT molecular complexity index is 1350. The van der Waals surface area contributed by atoms with Crippen molar-refractivity contribution in [2.75, 3.05) is 46.9 Å². The second-order valence-corrected chi connectivity index (χ2v) is 11.6. The number of hydrogen-bond acceptors (Lipinski definition) is 7. The van der Waals surface area contributed by atoms with Crippen molar-refractivity contribution in [3.05, 3.63) is 64.7 Å². The number of piperidine rings is 2. The second kappa shape index (κ2) is 12.9. The third kappa shape index (κ3) is 7.20. The monoisotopic (exact) mass is 618 g/mol. The molecule has 1 N–H and O–H groups in total. The summed E-state index contributed by atoms with van der Waals surface area (Å²) < 4.78 is 54.7. The van der Waals surface area contributed by atoms with Gasteiger partial charge < -0.3 is 24.4 Å². The van der Waals surface area contributed by atoms with E-state index in [1.165, 1.54) is 26.4 Å². The molecule has 238 valence electrons. The molecule has 3 fully saturated rings. The van der Waals surface area contributed by atoms with Crippen molar-refractivity contribution in [1.29, 1.82) is 0 Å². The molecule has 3 heterocycles. The number of likely N-dealkylation sites (tertiary alicyclic amines) is 2. The van der Waals surface area contributed by atoms with Gasteiger partial charge in [0.2, 0.25) is 0 Å². The van der Waals surface area contributed by atoms with Gasteiger partial charge in [0.1, 0.15) is 11.4 Å². The zero-order valence-electron chi connectivity index (χ0n) is 24.8. The molecule has 2 aromatic rings. The van der Waals surface area contributed by atoms with Gasteiger partial charge in [-0.1, -0.05) is 18.2 Å². The lowest BCUT2D eigenvalue weighted by Crippen LogP contribution is -2.46. The number of carbonyl (C=O) groups is 3. The summed E-state index contributed by atoms with van der Waals surface area (Å²) in [7, 11) is 2.83. The van der Waals surface area contributed by atoms with Crippen molar-refractivity contribution in [1.82, 2.24) is 20.0 Å². The van der Waals surface area contributed by atoms with Crippen molar-refractivity contribution in [3.63, 3.8) is 0 Å². The van der Waals surface area contributed by atoms with Crippen LogP contribution in [0.4, 0.5) is 22.8 Å². The Hall–Kier alpha value is -4.00. The van der Waals surface area contributed by atoms with E-state index in [-0.39, 0.29) is 18.0 Å². The first-order valence-corrected chi connectivity index (χ1v) is 14.7. The van der Waals surface area contributed by atoms with Crippen molar-refractivity contribution in [2.24, 2.45) is 0 Å². The molecule has 3 aliphatic rings. The van der Waals surface area contributed by atoms with Gasteiger partial charge in [0.05, 0.1) is 31.9 Å². The number of halogens is 3. The SMILES string of the molecule is COC(=O)N1CCC(NC(=O)c2ccc(CN3CC4(CCN(Cc5ccc(C(F)(F)F)cc5)CC4)OC3=O)cc2OC)CC1. The predicted octanol–water partition coefficient (Wildman–Crippen LogP) is 4.66. The second-order valence-electron chi connectivity index (χ2n) is 11.6. The van der Waals surface area contributed by atoms with Crippen LogP contribution < -0.4 is 10.1 Å². The van der Waals surface area contributed by atoms with Gasteiger partial charge in [0.25, 0.3) is 5.91 Å². The minimum absolute atomic E-state index is 0.0790. The highest BCUT2D eigenvalue weighted by molar-refractivity contribution is 5.97. The zero-order chi connectivity index (χ0) is 31.5. The Labute approximate surface area is 254 Å². The fourth-order valence-corrected chi connectivity index (χ4v) is 6.09. The average Bonchev–Trinajstić information content (AvgIpc) is 3.31. The van der Waals surface area contributed by atoms with Crippen LogP contribution in [0.1, 0.15) is 52.7 Å². The molecular weight excluding hydrogens is 581 g/mol. The normalized spacial score (nSPS) is 19.2. The van der Waals surface area contributed by atoms with E-state index in [0.717, 1.165) is 23.3 Å². The van der Waals surface area contributed by atoms with Crippen LogP contribution in [0.5, 0.6) is 5.75 Å². The molecule has 0 aliphatic carbocycles. The number of nitrogens with zero attached hydrogens (tertiary/aromatic N) is 3. The molecule has 5 rings (SSSR count). The van der Waals surface area contributed by atoms with Gasteiger partial charge in [0, 0.05) is 58.2 Å². The number of rotatable bonds is 7. The molecule has 0 bridgehead atoms. The third-order valence-electron chi connectivity index (χ3n) is 8.64. The van der Waals surface area contributed by atoms with E-state index in [9.17, 15) is 27.6 Å². The van der Waals surface area contributed by atoms with Crippen LogP contribution in [-0.2, 0) is 28.7 Å². The van der Waals surface area contributed by atoms with Crippen LogP contribution in [0.2, 0.25) is 0 Å².